The molecule has 1 aliphatic carbocycles. The Morgan fingerprint density at radius 3 is 3.00 bits per heavy atom. The van der Waals surface area contributed by atoms with E-state index in [2.05, 4.69) is 5.32 Å². The van der Waals surface area contributed by atoms with Crippen molar-refractivity contribution in [1.82, 2.24) is 0 Å². The van der Waals surface area contributed by atoms with E-state index in [1.807, 2.05) is 12.1 Å². The second-order valence-electron chi connectivity index (χ2n) is 5.09. The van der Waals surface area contributed by atoms with Crippen molar-refractivity contribution in [2.45, 2.75) is 19.3 Å². The van der Waals surface area contributed by atoms with Crippen LogP contribution in [0.4, 0.5) is 5.69 Å². The van der Waals surface area contributed by atoms with Crippen LogP contribution in [0.2, 0.25) is 0 Å². The summed E-state index contributed by atoms with van der Waals surface area (Å²) in [6.07, 6.45) is 3.06. The molecule has 3 rings (SSSR count). The van der Waals surface area contributed by atoms with Crippen molar-refractivity contribution in [2.24, 2.45) is 17.6 Å². The smallest absolute Gasteiger partial charge is 0.231 e. The van der Waals surface area contributed by atoms with E-state index in [4.69, 9.17) is 15.2 Å². The number of anilines is 1. The second kappa shape index (κ2) is 5.09. The van der Waals surface area contributed by atoms with Gasteiger partial charge in [-0.2, -0.15) is 0 Å². The first-order chi connectivity index (χ1) is 9.28. The lowest BCUT2D eigenvalue weighted by atomic mass is 9.95. The topological polar surface area (TPSA) is 73.6 Å². The molecular formula is C14H18N2O3. The fourth-order valence-corrected chi connectivity index (χ4v) is 2.87. The van der Waals surface area contributed by atoms with Crippen LogP contribution < -0.4 is 20.5 Å². The van der Waals surface area contributed by atoms with Gasteiger partial charge in [0.1, 0.15) is 0 Å². The number of carbonyl (C=O) groups is 1. The van der Waals surface area contributed by atoms with E-state index in [0.717, 1.165) is 30.7 Å². The van der Waals surface area contributed by atoms with E-state index in [9.17, 15) is 4.79 Å². The highest BCUT2D eigenvalue weighted by atomic mass is 16.7. The number of hydrogen-bond donors (Lipinski definition) is 2. The van der Waals surface area contributed by atoms with Crippen LogP contribution in [-0.2, 0) is 4.79 Å². The summed E-state index contributed by atoms with van der Waals surface area (Å²) in [6, 6.07) is 5.44. The molecule has 1 aromatic rings. The van der Waals surface area contributed by atoms with E-state index in [1.165, 1.54) is 0 Å². The van der Waals surface area contributed by atoms with Gasteiger partial charge >= 0.3 is 0 Å². The first-order valence-electron chi connectivity index (χ1n) is 6.68. The third-order valence-corrected chi connectivity index (χ3v) is 3.94. The van der Waals surface area contributed by atoms with E-state index < -0.39 is 0 Å². The molecule has 0 unspecified atom stereocenters. The van der Waals surface area contributed by atoms with Crippen molar-refractivity contribution < 1.29 is 14.3 Å². The highest BCUT2D eigenvalue weighted by Crippen LogP contribution is 2.35. The Morgan fingerprint density at radius 2 is 2.16 bits per heavy atom. The zero-order chi connectivity index (χ0) is 13.2. The minimum Gasteiger partial charge on any atom is -0.454 e. The van der Waals surface area contributed by atoms with Crippen molar-refractivity contribution in [2.75, 3.05) is 18.7 Å². The van der Waals surface area contributed by atoms with Crippen molar-refractivity contribution in [3.8, 4) is 11.5 Å². The molecule has 1 amide bonds. The molecule has 5 nitrogen and oxygen atoms in total. The number of carbonyl (C=O) groups excluding carboxylic acids is 1. The van der Waals surface area contributed by atoms with Gasteiger partial charge in [0.2, 0.25) is 12.7 Å². The number of benzene rings is 1. The molecule has 1 aliphatic heterocycles. The van der Waals surface area contributed by atoms with Gasteiger partial charge in [0.05, 0.1) is 0 Å². The third kappa shape index (κ3) is 2.38. The minimum atomic E-state index is 0.0374. The standard InChI is InChI=1S/C14H18N2O3/c15-7-9-2-1-3-11(9)14(17)16-10-4-5-12-13(6-10)19-8-18-12/h4-6,9,11H,1-3,7-8,15H2,(H,16,17)/t9-,11-/m1/s1. The van der Waals surface area contributed by atoms with Crippen LogP contribution in [0.3, 0.4) is 0 Å². The molecule has 1 aromatic carbocycles. The molecule has 2 atom stereocenters. The molecule has 0 spiro atoms. The number of nitrogens with two attached hydrogens (primary N) is 1. The average Bonchev–Trinajstić information content (AvgIpc) is 3.06. The largest absolute Gasteiger partial charge is 0.454 e. The van der Waals surface area contributed by atoms with Gasteiger partial charge in [0.25, 0.3) is 0 Å². The molecule has 0 bridgehead atoms. The second-order valence-corrected chi connectivity index (χ2v) is 5.09. The monoisotopic (exact) mass is 262 g/mol. The Balaban J connectivity index is 1.69. The van der Waals surface area contributed by atoms with Gasteiger partial charge in [-0.3, -0.25) is 4.79 Å². The van der Waals surface area contributed by atoms with E-state index in [0.29, 0.717) is 18.2 Å². The maximum Gasteiger partial charge on any atom is 0.231 e. The average molecular weight is 262 g/mol. The first-order valence-corrected chi connectivity index (χ1v) is 6.68. The van der Waals surface area contributed by atoms with Gasteiger partial charge in [-0.25, -0.2) is 0 Å². The van der Waals surface area contributed by atoms with E-state index in [-0.39, 0.29) is 18.6 Å². The van der Waals surface area contributed by atoms with Gasteiger partial charge in [0, 0.05) is 17.7 Å². The molecule has 0 aromatic heterocycles. The van der Waals surface area contributed by atoms with Crippen LogP contribution in [0, 0.1) is 11.8 Å². The summed E-state index contributed by atoms with van der Waals surface area (Å²) in [4.78, 5) is 12.2. The molecule has 102 valence electrons. The molecule has 3 N–H and O–H groups in total. The van der Waals surface area contributed by atoms with Crippen molar-refractivity contribution in [1.29, 1.82) is 0 Å². The molecule has 0 saturated heterocycles. The minimum absolute atomic E-state index is 0.0374. The summed E-state index contributed by atoms with van der Waals surface area (Å²) in [6.45, 7) is 0.823. The normalized spacial score (nSPS) is 24.5. The Labute approximate surface area is 112 Å². The maximum absolute atomic E-state index is 12.2. The molecular weight excluding hydrogens is 244 g/mol. The SMILES string of the molecule is NC[C@H]1CCC[C@H]1C(=O)Nc1ccc2c(c1)OCO2. The van der Waals surface area contributed by atoms with Crippen LogP contribution >= 0.6 is 0 Å². The van der Waals surface area contributed by atoms with Gasteiger partial charge in [0.15, 0.2) is 11.5 Å². The molecule has 2 aliphatic rings. The predicted octanol–water partition coefficient (Wildman–Crippen LogP) is 1.73. The lowest BCUT2D eigenvalue weighted by Gasteiger charge is -2.17. The summed E-state index contributed by atoms with van der Waals surface area (Å²) < 4.78 is 10.5. The Morgan fingerprint density at radius 1 is 1.32 bits per heavy atom. The predicted molar refractivity (Wildman–Crippen MR) is 71.1 cm³/mol. The zero-order valence-electron chi connectivity index (χ0n) is 10.7. The molecule has 1 saturated carbocycles. The molecule has 19 heavy (non-hydrogen) atoms. The maximum atomic E-state index is 12.2. The molecule has 5 heteroatoms. The number of rotatable bonds is 3. The fraction of sp³-hybridized carbons (Fsp3) is 0.500. The zero-order valence-corrected chi connectivity index (χ0v) is 10.7. The van der Waals surface area contributed by atoms with Gasteiger partial charge in [-0.1, -0.05) is 6.42 Å². The highest BCUT2D eigenvalue weighted by Gasteiger charge is 2.32. The lowest BCUT2D eigenvalue weighted by Crippen LogP contribution is -2.29. The first kappa shape index (κ1) is 12.3. The van der Waals surface area contributed by atoms with Gasteiger partial charge < -0.3 is 20.5 Å². The molecule has 0 radical (unpaired) electrons. The quantitative estimate of drug-likeness (QED) is 0.870. The van der Waals surface area contributed by atoms with Crippen molar-refractivity contribution in [3.63, 3.8) is 0 Å². The van der Waals surface area contributed by atoms with Gasteiger partial charge in [-0.05, 0) is 37.4 Å². The summed E-state index contributed by atoms with van der Waals surface area (Å²) in [5, 5.41) is 2.95. The number of fused-ring (bicyclic) bond motifs is 1. The number of amides is 1. The van der Waals surface area contributed by atoms with E-state index >= 15 is 0 Å². The Bertz CT molecular complexity index is 490. The van der Waals surface area contributed by atoms with E-state index in [1.54, 1.807) is 6.07 Å². The highest BCUT2D eigenvalue weighted by molar-refractivity contribution is 5.93. The summed E-state index contributed by atoms with van der Waals surface area (Å²) >= 11 is 0. The van der Waals surface area contributed by atoms with Crippen LogP contribution in [0.25, 0.3) is 0 Å². The van der Waals surface area contributed by atoms with Crippen LogP contribution in [-0.4, -0.2) is 19.2 Å². The summed E-state index contributed by atoms with van der Waals surface area (Å²) in [5.74, 6) is 1.81. The number of hydrogen-bond acceptors (Lipinski definition) is 4. The lowest BCUT2D eigenvalue weighted by molar-refractivity contribution is -0.120. The molecule has 1 fully saturated rings. The van der Waals surface area contributed by atoms with Crippen molar-refractivity contribution in [3.05, 3.63) is 18.2 Å². The van der Waals surface area contributed by atoms with Crippen LogP contribution in [0.1, 0.15) is 19.3 Å². The summed E-state index contributed by atoms with van der Waals surface area (Å²) in [7, 11) is 0. The fourth-order valence-electron chi connectivity index (χ4n) is 2.87. The Kier molecular flexibility index (Phi) is 3.29. The van der Waals surface area contributed by atoms with Crippen LogP contribution in [0.5, 0.6) is 11.5 Å². The Hall–Kier alpha value is -1.75. The number of ether oxygens (including phenoxy) is 2. The summed E-state index contributed by atoms with van der Waals surface area (Å²) in [5.41, 5.74) is 6.46. The van der Waals surface area contributed by atoms with Gasteiger partial charge in [-0.15, -0.1) is 0 Å². The number of nitrogens with one attached hydrogen (secondary N) is 1. The van der Waals surface area contributed by atoms with Crippen LogP contribution in [0.15, 0.2) is 18.2 Å². The molecule has 1 heterocycles. The van der Waals surface area contributed by atoms with Crippen molar-refractivity contribution >= 4 is 11.6 Å². The third-order valence-electron chi connectivity index (χ3n) is 3.94.